The highest BCUT2D eigenvalue weighted by Crippen LogP contribution is 2.31. The lowest BCUT2D eigenvalue weighted by Crippen LogP contribution is -2.50. The van der Waals surface area contributed by atoms with E-state index in [0.717, 1.165) is 5.52 Å². The van der Waals surface area contributed by atoms with Gasteiger partial charge in [0.15, 0.2) is 11.5 Å². The number of rotatable bonds is 6. The number of benzene rings is 2. The SMILES string of the molecule is COc1cccc(C(=O)N2CCN(C(=O)CCc3c[nH]c4cccc(C)c34)CC2)c1OC. The topological polar surface area (TPSA) is 74.9 Å². The molecule has 0 saturated carbocycles. The van der Waals surface area contributed by atoms with Crippen LogP contribution in [0, 0.1) is 6.92 Å². The maximum atomic E-state index is 13.0. The van der Waals surface area contributed by atoms with Crippen LogP contribution in [0.5, 0.6) is 11.5 Å². The number of carbonyl (C=O) groups is 2. The number of ether oxygens (including phenoxy) is 2. The average Bonchev–Trinajstić information content (AvgIpc) is 3.26. The van der Waals surface area contributed by atoms with E-state index >= 15 is 0 Å². The summed E-state index contributed by atoms with van der Waals surface area (Å²) in [5.74, 6) is 0.980. The van der Waals surface area contributed by atoms with Gasteiger partial charge in [0, 0.05) is 49.7 Å². The van der Waals surface area contributed by atoms with E-state index in [0.29, 0.717) is 56.1 Å². The highest BCUT2D eigenvalue weighted by molar-refractivity contribution is 5.98. The fraction of sp³-hybridized carbons (Fsp3) is 0.360. The molecule has 168 valence electrons. The molecule has 0 atom stereocenters. The van der Waals surface area contributed by atoms with Gasteiger partial charge in [-0.2, -0.15) is 0 Å². The van der Waals surface area contributed by atoms with Crippen LogP contribution in [-0.4, -0.2) is 67.0 Å². The third-order valence-corrected chi connectivity index (χ3v) is 6.16. The molecule has 0 aliphatic carbocycles. The van der Waals surface area contributed by atoms with Crippen LogP contribution < -0.4 is 9.47 Å². The van der Waals surface area contributed by atoms with Crippen molar-refractivity contribution in [3.05, 3.63) is 59.3 Å². The van der Waals surface area contributed by atoms with Crippen molar-refractivity contribution in [2.75, 3.05) is 40.4 Å². The lowest BCUT2D eigenvalue weighted by Gasteiger charge is -2.35. The summed E-state index contributed by atoms with van der Waals surface area (Å²) in [5, 5.41) is 1.21. The number of hydrogen-bond donors (Lipinski definition) is 1. The van der Waals surface area contributed by atoms with Gasteiger partial charge in [0.25, 0.3) is 5.91 Å². The molecule has 1 saturated heterocycles. The fourth-order valence-electron chi connectivity index (χ4n) is 4.43. The lowest BCUT2D eigenvalue weighted by atomic mass is 10.0. The minimum atomic E-state index is -0.109. The second kappa shape index (κ2) is 9.34. The second-order valence-corrected chi connectivity index (χ2v) is 8.03. The van der Waals surface area contributed by atoms with Crippen molar-refractivity contribution in [1.82, 2.24) is 14.8 Å². The Labute approximate surface area is 187 Å². The summed E-state index contributed by atoms with van der Waals surface area (Å²) in [6.07, 6.45) is 3.16. The molecule has 2 aromatic carbocycles. The number of nitrogens with zero attached hydrogens (tertiary/aromatic N) is 2. The first-order valence-corrected chi connectivity index (χ1v) is 10.9. The Kier molecular flexibility index (Phi) is 6.35. The van der Waals surface area contributed by atoms with Crippen molar-refractivity contribution in [3.63, 3.8) is 0 Å². The summed E-state index contributed by atoms with van der Waals surface area (Å²) in [6, 6.07) is 11.5. The minimum absolute atomic E-state index is 0.109. The van der Waals surface area contributed by atoms with Crippen molar-refractivity contribution in [3.8, 4) is 11.5 Å². The maximum absolute atomic E-state index is 13.0. The summed E-state index contributed by atoms with van der Waals surface area (Å²) in [6.45, 7) is 4.15. The maximum Gasteiger partial charge on any atom is 0.257 e. The molecule has 0 radical (unpaired) electrons. The molecule has 4 rings (SSSR count). The van der Waals surface area contributed by atoms with Crippen molar-refractivity contribution < 1.29 is 19.1 Å². The zero-order valence-electron chi connectivity index (χ0n) is 18.8. The van der Waals surface area contributed by atoms with E-state index in [4.69, 9.17) is 9.47 Å². The molecule has 1 N–H and O–H groups in total. The molecule has 2 heterocycles. The molecule has 1 aliphatic heterocycles. The van der Waals surface area contributed by atoms with Gasteiger partial charge in [0.2, 0.25) is 5.91 Å². The highest BCUT2D eigenvalue weighted by atomic mass is 16.5. The smallest absolute Gasteiger partial charge is 0.257 e. The fourth-order valence-corrected chi connectivity index (χ4v) is 4.43. The number of piperazine rings is 1. The van der Waals surface area contributed by atoms with Gasteiger partial charge in [-0.25, -0.2) is 0 Å². The molecular formula is C25H29N3O4. The monoisotopic (exact) mass is 435 g/mol. The number of carbonyl (C=O) groups excluding carboxylic acids is 2. The number of aromatic amines is 1. The molecule has 7 nitrogen and oxygen atoms in total. The number of H-pyrrole nitrogens is 1. The number of amides is 2. The number of hydrogen-bond acceptors (Lipinski definition) is 4. The second-order valence-electron chi connectivity index (χ2n) is 8.03. The Morgan fingerprint density at radius 1 is 0.969 bits per heavy atom. The highest BCUT2D eigenvalue weighted by Gasteiger charge is 2.27. The number of fused-ring (bicyclic) bond motifs is 1. The van der Waals surface area contributed by atoms with E-state index in [-0.39, 0.29) is 11.8 Å². The van der Waals surface area contributed by atoms with Crippen LogP contribution in [0.1, 0.15) is 27.9 Å². The zero-order valence-corrected chi connectivity index (χ0v) is 18.8. The normalized spacial score (nSPS) is 14.0. The van der Waals surface area contributed by atoms with Gasteiger partial charge in [-0.3, -0.25) is 9.59 Å². The predicted octanol–water partition coefficient (Wildman–Crippen LogP) is 3.41. The number of aryl methyl sites for hydroxylation is 2. The van der Waals surface area contributed by atoms with Crippen LogP contribution in [0.25, 0.3) is 10.9 Å². The van der Waals surface area contributed by atoms with Crippen molar-refractivity contribution >= 4 is 22.7 Å². The first kappa shape index (κ1) is 21.7. The van der Waals surface area contributed by atoms with E-state index < -0.39 is 0 Å². The largest absolute Gasteiger partial charge is 0.493 e. The number of methoxy groups -OCH3 is 2. The third-order valence-electron chi connectivity index (χ3n) is 6.16. The van der Waals surface area contributed by atoms with E-state index in [1.165, 1.54) is 23.6 Å². The lowest BCUT2D eigenvalue weighted by molar-refractivity contribution is -0.132. The van der Waals surface area contributed by atoms with Gasteiger partial charge in [0.05, 0.1) is 19.8 Å². The van der Waals surface area contributed by atoms with Crippen LogP contribution in [0.15, 0.2) is 42.6 Å². The molecule has 32 heavy (non-hydrogen) atoms. The van der Waals surface area contributed by atoms with E-state index in [1.54, 1.807) is 30.2 Å². The summed E-state index contributed by atoms with van der Waals surface area (Å²) >= 11 is 0. The first-order valence-electron chi connectivity index (χ1n) is 10.9. The number of para-hydroxylation sites is 1. The summed E-state index contributed by atoms with van der Waals surface area (Å²) in [4.78, 5) is 32.8. The van der Waals surface area contributed by atoms with Gasteiger partial charge >= 0.3 is 0 Å². The van der Waals surface area contributed by atoms with E-state index in [1.807, 2.05) is 17.2 Å². The van der Waals surface area contributed by atoms with E-state index in [9.17, 15) is 9.59 Å². The average molecular weight is 436 g/mol. The zero-order chi connectivity index (χ0) is 22.7. The number of nitrogens with one attached hydrogen (secondary N) is 1. The Morgan fingerprint density at radius 2 is 1.69 bits per heavy atom. The third kappa shape index (κ3) is 4.15. The van der Waals surface area contributed by atoms with Crippen molar-refractivity contribution in [2.45, 2.75) is 19.8 Å². The van der Waals surface area contributed by atoms with Crippen molar-refractivity contribution in [1.29, 1.82) is 0 Å². The van der Waals surface area contributed by atoms with Gasteiger partial charge < -0.3 is 24.3 Å². The van der Waals surface area contributed by atoms with Crippen LogP contribution >= 0.6 is 0 Å². The van der Waals surface area contributed by atoms with Gasteiger partial charge in [-0.15, -0.1) is 0 Å². The number of aromatic nitrogens is 1. The Balaban J connectivity index is 1.35. The molecule has 0 spiro atoms. The molecule has 0 unspecified atom stereocenters. The van der Waals surface area contributed by atoms with Crippen LogP contribution in [0.4, 0.5) is 0 Å². The van der Waals surface area contributed by atoms with Crippen LogP contribution in [0.2, 0.25) is 0 Å². The van der Waals surface area contributed by atoms with Gasteiger partial charge in [-0.05, 0) is 42.7 Å². The van der Waals surface area contributed by atoms with E-state index in [2.05, 4.69) is 24.0 Å². The quantitative estimate of drug-likeness (QED) is 0.644. The standard InChI is InChI=1S/C25H29N3O4/c1-17-6-4-8-20-23(17)18(16-26-20)10-11-22(29)27-12-14-28(15-13-27)25(30)19-7-5-9-21(31-2)24(19)32-3/h4-9,16,26H,10-15H2,1-3H3. The van der Waals surface area contributed by atoms with Gasteiger partial charge in [-0.1, -0.05) is 18.2 Å². The Hall–Kier alpha value is -3.48. The van der Waals surface area contributed by atoms with Crippen LogP contribution in [-0.2, 0) is 11.2 Å². The molecule has 2 amide bonds. The van der Waals surface area contributed by atoms with Crippen LogP contribution in [0.3, 0.4) is 0 Å². The summed E-state index contributed by atoms with van der Waals surface area (Å²) < 4.78 is 10.7. The molecular weight excluding hydrogens is 406 g/mol. The first-order chi connectivity index (χ1) is 15.5. The Morgan fingerprint density at radius 3 is 2.41 bits per heavy atom. The summed E-state index contributed by atoms with van der Waals surface area (Å²) in [5.41, 5.74) is 3.96. The minimum Gasteiger partial charge on any atom is -0.493 e. The molecule has 3 aromatic rings. The predicted molar refractivity (Wildman–Crippen MR) is 123 cm³/mol. The molecule has 1 fully saturated rings. The van der Waals surface area contributed by atoms with Gasteiger partial charge in [0.1, 0.15) is 0 Å². The van der Waals surface area contributed by atoms with Crippen molar-refractivity contribution in [2.24, 2.45) is 0 Å². The summed E-state index contributed by atoms with van der Waals surface area (Å²) in [7, 11) is 3.08. The Bertz CT molecular complexity index is 1130. The molecule has 0 bridgehead atoms. The molecule has 7 heteroatoms. The molecule has 1 aromatic heterocycles. The molecule has 1 aliphatic rings.